The SMILES string of the molecule is CNC[C@@H]1OC2(CC2)c2ccsc21. The monoisotopic (exact) mass is 195 g/mol. The standard InChI is InChI=1S/C10H13NOS/c1-11-6-8-9-7(2-5-13-9)10(12-8)3-4-10/h2,5,8,11H,3-4,6H2,1H3/t8-/m0/s1. The first kappa shape index (κ1) is 7.97. The Morgan fingerprint density at radius 3 is 3.23 bits per heavy atom. The second-order valence-electron chi connectivity index (χ2n) is 3.86. The Balaban J connectivity index is 1.97. The van der Waals surface area contributed by atoms with Gasteiger partial charge in [0.2, 0.25) is 0 Å². The van der Waals surface area contributed by atoms with Gasteiger partial charge in [-0.1, -0.05) is 0 Å². The summed E-state index contributed by atoms with van der Waals surface area (Å²) in [6.07, 6.45) is 2.75. The number of ether oxygens (including phenoxy) is 1. The number of hydrogen-bond donors (Lipinski definition) is 1. The molecule has 70 valence electrons. The number of nitrogens with one attached hydrogen (secondary N) is 1. The van der Waals surface area contributed by atoms with Gasteiger partial charge in [-0.3, -0.25) is 0 Å². The van der Waals surface area contributed by atoms with Crippen LogP contribution in [0.25, 0.3) is 0 Å². The van der Waals surface area contributed by atoms with Crippen LogP contribution in [0.4, 0.5) is 0 Å². The van der Waals surface area contributed by atoms with E-state index in [9.17, 15) is 0 Å². The number of thiophene rings is 1. The first-order chi connectivity index (χ1) is 6.36. The third kappa shape index (κ3) is 1.01. The molecule has 1 spiro atoms. The molecule has 1 N–H and O–H groups in total. The molecule has 1 fully saturated rings. The van der Waals surface area contributed by atoms with Gasteiger partial charge in [0.15, 0.2) is 0 Å². The smallest absolute Gasteiger partial charge is 0.106 e. The lowest BCUT2D eigenvalue weighted by atomic mass is 10.1. The van der Waals surface area contributed by atoms with Gasteiger partial charge < -0.3 is 10.1 Å². The number of rotatable bonds is 2. The van der Waals surface area contributed by atoms with Crippen LogP contribution >= 0.6 is 11.3 Å². The summed E-state index contributed by atoms with van der Waals surface area (Å²) < 4.78 is 6.06. The lowest BCUT2D eigenvalue weighted by Crippen LogP contribution is -2.17. The fraction of sp³-hybridized carbons (Fsp3) is 0.600. The van der Waals surface area contributed by atoms with Crippen molar-refractivity contribution in [3.8, 4) is 0 Å². The van der Waals surface area contributed by atoms with Crippen LogP contribution in [0.15, 0.2) is 11.4 Å². The molecule has 0 radical (unpaired) electrons. The Labute approximate surface area is 81.9 Å². The molecule has 2 heterocycles. The maximum absolute atomic E-state index is 6.06. The number of fused-ring (bicyclic) bond motifs is 2. The zero-order valence-corrected chi connectivity index (χ0v) is 8.49. The van der Waals surface area contributed by atoms with Crippen LogP contribution in [-0.2, 0) is 10.3 Å². The van der Waals surface area contributed by atoms with Gasteiger partial charge in [0, 0.05) is 17.0 Å². The van der Waals surface area contributed by atoms with Crippen molar-refractivity contribution < 1.29 is 4.74 Å². The highest BCUT2D eigenvalue weighted by atomic mass is 32.1. The highest BCUT2D eigenvalue weighted by Gasteiger charge is 2.54. The van der Waals surface area contributed by atoms with Crippen molar-refractivity contribution in [3.63, 3.8) is 0 Å². The minimum absolute atomic E-state index is 0.150. The Kier molecular flexibility index (Phi) is 1.57. The summed E-state index contributed by atoms with van der Waals surface area (Å²) in [6, 6.07) is 2.24. The Morgan fingerprint density at radius 2 is 2.54 bits per heavy atom. The topological polar surface area (TPSA) is 21.3 Å². The highest BCUT2D eigenvalue weighted by molar-refractivity contribution is 7.10. The molecule has 1 aromatic heterocycles. The van der Waals surface area contributed by atoms with Gasteiger partial charge in [0.1, 0.15) is 6.10 Å². The van der Waals surface area contributed by atoms with E-state index >= 15 is 0 Å². The van der Waals surface area contributed by atoms with E-state index in [-0.39, 0.29) is 5.60 Å². The van der Waals surface area contributed by atoms with E-state index in [0.29, 0.717) is 6.10 Å². The van der Waals surface area contributed by atoms with Crippen molar-refractivity contribution in [3.05, 3.63) is 21.9 Å². The molecule has 1 aliphatic heterocycles. The second kappa shape index (κ2) is 2.56. The highest BCUT2D eigenvalue weighted by Crippen LogP contribution is 2.59. The first-order valence-corrected chi connectivity index (χ1v) is 5.64. The first-order valence-electron chi connectivity index (χ1n) is 4.76. The summed E-state index contributed by atoms with van der Waals surface area (Å²) in [5, 5.41) is 5.38. The van der Waals surface area contributed by atoms with E-state index in [1.54, 1.807) is 0 Å². The Hall–Kier alpha value is -0.380. The van der Waals surface area contributed by atoms with Crippen molar-refractivity contribution in [2.45, 2.75) is 24.5 Å². The summed E-state index contributed by atoms with van der Waals surface area (Å²) in [5.41, 5.74) is 1.62. The Morgan fingerprint density at radius 1 is 1.69 bits per heavy atom. The van der Waals surface area contributed by atoms with Crippen molar-refractivity contribution in [1.29, 1.82) is 0 Å². The minimum atomic E-state index is 0.150. The van der Waals surface area contributed by atoms with Gasteiger partial charge in [-0.05, 0) is 31.3 Å². The van der Waals surface area contributed by atoms with Gasteiger partial charge in [-0.25, -0.2) is 0 Å². The predicted molar refractivity (Wildman–Crippen MR) is 53.0 cm³/mol. The second-order valence-corrected chi connectivity index (χ2v) is 4.80. The van der Waals surface area contributed by atoms with Crippen LogP contribution in [0.5, 0.6) is 0 Å². The fourth-order valence-electron chi connectivity index (χ4n) is 2.16. The van der Waals surface area contributed by atoms with Gasteiger partial charge >= 0.3 is 0 Å². The molecular formula is C10H13NOS. The van der Waals surface area contributed by atoms with Crippen LogP contribution < -0.4 is 5.32 Å². The summed E-state index contributed by atoms with van der Waals surface area (Å²) in [7, 11) is 1.98. The third-order valence-electron chi connectivity index (χ3n) is 2.94. The van der Waals surface area contributed by atoms with Gasteiger partial charge in [-0.2, -0.15) is 0 Å². The minimum Gasteiger partial charge on any atom is -0.360 e. The van der Waals surface area contributed by atoms with Crippen molar-refractivity contribution in [2.75, 3.05) is 13.6 Å². The van der Waals surface area contributed by atoms with Crippen LogP contribution in [-0.4, -0.2) is 13.6 Å². The van der Waals surface area contributed by atoms with Crippen LogP contribution in [0, 0.1) is 0 Å². The number of hydrogen-bond acceptors (Lipinski definition) is 3. The van der Waals surface area contributed by atoms with Crippen LogP contribution in [0.3, 0.4) is 0 Å². The summed E-state index contributed by atoms with van der Waals surface area (Å²) in [5.74, 6) is 0. The molecular weight excluding hydrogens is 182 g/mol. The molecule has 0 amide bonds. The van der Waals surface area contributed by atoms with E-state index < -0.39 is 0 Å². The normalized spacial score (nSPS) is 27.9. The van der Waals surface area contributed by atoms with Crippen molar-refractivity contribution in [2.24, 2.45) is 0 Å². The molecule has 13 heavy (non-hydrogen) atoms. The average molecular weight is 195 g/mol. The Bertz CT molecular complexity index is 329. The molecule has 3 rings (SSSR count). The quantitative estimate of drug-likeness (QED) is 0.779. The zero-order valence-electron chi connectivity index (χ0n) is 7.67. The van der Waals surface area contributed by atoms with Gasteiger partial charge in [0.05, 0.1) is 5.60 Å². The molecule has 1 saturated carbocycles. The zero-order chi connectivity index (χ0) is 8.89. The van der Waals surface area contributed by atoms with Gasteiger partial charge in [0.25, 0.3) is 0 Å². The van der Waals surface area contributed by atoms with Crippen LogP contribution in [0.1, 0.15) is 29.4 Å². The van der Waals surface area contributed by atoms with Gasteiger partial charge in [-0.15, -0.1) is 11.3 Å². The van der Waals surface area contributed by atoms with E-state index in [1.807, 2.05) is 18.4 Å². The van der Waals surface area contributed by atoms with E-state index in [0.717, 1.165) is 6.54 Å². The maximum atomic E-state index is 6.06. The summed E-state index contributed by atoms with van der Waals surface area (Å²) >= 11 is 1.84. The molecule has 0 unspecified atom stereocenters. The lowest BCUT2D eigenvalue weighted by molar-refractivity contribution is -0.00578. The molecule has 0 aromatic carbocycles. The fourth-order valence-corrected chi connectivity index (χ4v) is 3.17. The molecule has 0 saturated heterocycles. The molecule has 2 nitrogen and oxygen atoms in total. The molecule has 1 aliphatic carbocycles. The molecule has 0 bridgehead atoms. The van der Waals surface area contributed by atoms with E-state index in [1.165, 1.54) is 23.3 Å². The van der Waals surface area contributed by atoms with E-state index in [2.05, 4.69) is 16.8 Å². The summed E-state index contributed by atoms with van der Waals surface area (Å²) in [4.78, 5) is 1.45. The maximum Gasteiger partial charge on any atom is 0.106 e. The predicted octanol–water partition coefficient (Wildman–Crippen LogP) is 2.03. The average Bonchev–Trinajstić information content (AvgIpc) is 2.61. The molecule has 3 heteroatoms. The third-order valence-corrected chi connectivity index (χ3v) is 3.95. The molecule has 1 atom stereocenters. The van der Waals surface area contributed by atoms with Crippen LogP contribution in [0.2, 0.25) is 0 Å². The van der Waals surface area contributed by atoms with Crippen molar-refractivity contribution >= 4 is 11.3 Å². The molecule has 1 aromatic rings. The van der Waals surface area contributed by atoms with E-state index in [4.69, 9.17) is 4.74 Å². The van der Waals surface area contributed by atoms with Crippen molar-refractivity contribution in [1.82, 2.24) is 5.32 Å². The largest absolute Gasteiger partial charge is 0.360 e. The lowest BCUT2D eigenvalue weighted by Gasteiger charge is -2.12. The molecule has 2 aliphatic rings. The summed E-state index contributed by atoms with van der Waals surface area (Å²) in [6.45, 7) is 0.940. The number of likely N-dealkylation sites (N-methyl/N-ethyl adjacent to an activating group) is 1.